The van der Waals surface area contributed by atoms with Crippen LogP contribution in [0.15, 0.2) is 48.1 Å². The maximum Gasteiger partial charge on any atom is 0.0390 e. The van der Waals surface area contributed by atoms with E-state index in [1.807, 2.05) is 12.2 Å². The molecule has 0 fully saturated rings. The normalized spacial score (nSPS) is 29.2. The number of alkyl halides is 1. The van der Waals surface area contributed by atoms with Crippen molar-refractivity contribution in [2.75, 3.05) is 0 Å². The van der Waals surface area contributed by atoms with Crippen LogP contribution in [0.4, 0.5) is 0 Å². The molecule has 0 saturated carbocycles. The van der Waals surface area contributed by atoms with Crippen LogP contribution >= 0.6 is 34.2 Å². The molecule has 1 rings (SSSR count). The van der Waals surface area contributed by atoms with E-state index in [1.165, 1.54) is 5.54 Å². The molecule has 0 aromatic carbocycles. The molecule has 0 heterocycles. The Morgan fingerprint density at radius 1 is 1.17 bits per heavy atom. The molecule has 1 aliphatic rings. The van der Waals surface area contributed by atoms with Gasteiger partial charge in [0.25, 0.3) is 0 Å². The summed E-state index contributed by atoms with van der Waals surface area (Å²) in [5.74, 6) is 0.503. The van der Waals surface area contributed by atoms with Crippen LogP contribution in [0, 0.1) is 5.92 Å². The smallest absolute Gasteiger partial charge is 0.0390 e. The summed E-state index contributed by atoms with van der Waals surface area (Å²) >= 11 is 7.81. The van der Waals surface area contributed by atoms with Gasteiger partial charge in [-0.05, 0) is 0 Å². The lowest BCUT2D eigenvalue weighted by Gasteiger charge is -2.13. The predicted molar refractivity (Wildman–Crippen MR) is 63.7 cm³/mol. The highest BCUT2D eigenvalue weighted by molar-refractivity contribution is 14.1. The third-order valence-corrected chi connectivity index (χ3v) is 3.02. The molecule has 2 atom stereocenters. The van der Waals surface area contributed by atoms with Gasteiger partial charge in [-0.15, -0.1) is 0 Å². The zero-order valence-electron chi connectivity index (χ0n) is 6.53. The monoisotopic (exact) mass is 292 g/mol. The molecular weight excluding hydrogens is 282 g/mol. The highest BCUT2D eigenvalue weighted by atomic mass is 127. The van der Waals surface area contributed by atoms with Crippen LogP contribution in [0.1, 0.15) is 0 Å². The van der Waals surface area contributed by atoms with Crippen molar-refractivity contribution in [1.29, 1.82) is 0 Å². The molecule has 0 amide bonds. The lowest BCUT2D eigenvalue weighted by atomic mass is 10.0. The fourth-order valence-electron chi connectivity index (χ4n) is 1.00. The van der Waals surface area contributed by atoms with Crippen molar-refractivity contribution >= 4 is 34.2 Å². The van der Waals surface area contributed by atoms with Crippen LogP contribution in [-0.4, -0.2) is 3.92 Å². The molecule has 0 N–H and O–H groups in total. The first-order chi connectivity index (χ1) is 5.84. The first-order valence-electron chi connectivity index (χ1n) is 3.77. The number of rotatable bonds is 2. The Morgan fingerprint density at radius 2 is 1.92 bits per heavy atom. The van der Waals surface area contributed by atoms with Crippen molar-refractivity contribution < 1.29 is 0 Å². The molecule has 64 valence electrons. The molecule has 12 heavy (non-hydrogen) atoms. The maximum absolute atomic E-state index is 5.39. The van der Waals surface area contributed by atoms with Gasteiger partial charge in [-0.2, -0.15) is 0 Å². The summed E-state index contributed by atoms with van der Waals surface area (Å²) in [7, 11) is 0. The Bertz CT molecular complexity index is 238. The van der Waals surface area contributed by atoms with E-state index in [-0.39, 0.29) is 0 Å². The summed E-state index contributed by atoms with van der Waals surface area (Å²) in [6.45, 7) is 0. The summed E-state index contributed by atoms with van der Waals surface area (Å²) in [6, 6.07) is 0. The van der Waals surface area contributed by atoms with Crippen molar-refractivity contribution in [3.63, 3.8) is 0 Å². The first kappa shape index (κ1) is 10.1. The average Bonchev–Trinajstić information content (AvgIpc) is 2.09. The molecule has 2 heteroatoms. The molecule has 0 saturated heterocycles. The molecule has 0 nitrogen and oxygen atoms in total. The van der Waals surface area contributed by atoms with E-state index in [4.69, 9.17) is 11.6 Å². The quantitative estimate of drug-likeness (QED) is 0.412. The second-order valence-electron chi connectivity index (χ2n) is 2.49. The Kier molecular flexibility index (Phi) is 4.69. The van der Waals surface area contributed by atoms with E-state index < -0.39 is 0 Å². The second-order valence-corrected chi connectivity index (χ2v) is 4.19. The molecule has 1 aliphatic carbocycles. The lowest BCUT2D eigenvalue weighted by molar-refractivity contribution is 0.864. The summed E-state index contributed by atoms with van der Waals surface area (Å²) < 4.78 is 0.563. The standard InChI is InChI=1S/C10H10ClI/c11-8-4-3-6-9-5-1-2-7-10(9)12/h1-10H/b6-3-,8-4+. The van der Waals surface area contributed by atoms with Crippen LogP contribution in [0.2, 0.25) is 0 Å². The van der Waals surface area contributed by atoms with Gasteiger partial charge >= 0.3 is 0 Å². The largest absolute Gasteiger partial charge is 0.0930 e. The maximum atomic E-state index is 5.39. The van der Waals surface area contributed by atoms with E-state index in [2.05, 4.69) is 53.0 Å². The van der Waals surface area contributed by atoms with E-state index >= 15 is 0 Å². The highest BCUT2D eigenvalue weighted by Gasteiger charge is 2.10. The first-order valence-corrected chi connectivity index (χ1v) is 5.45. The average molecular weight is 293 g/mol. The molecular formula is C10H10ClI. The lowest BCUT2D eigenvalue weighted by Crippen LogP contribution is -2.08. The molecule has 0 radical (unpaired) electrons. The molecule has 0 spiro atoms. The van der Waals surface area contributed by atoms with Gasteiger partial charge in [0, 0.05) is 15.4 Å². The number of hydrogen-bond donors (Lipinski definition) is 0. The number of allylic oxidation sites excluding steroid dienone is 7. The minimum Gasteiger partial charge on any atom is -0.0930 e. The summed E-state index contributed by atoms with van der Waals surface area (Å²) in [6.07, 6.45) is 14.5. The molecule has 0 bridgehead atoms. The Balaban J connectivity index is 2.52. The van der Waals surface area contributed by atoms with E-state index in [0.29, 0.717) is 9.84 Å². The molecule has 0 aliphatic heterocycles. The van der Waals surface area contributed by atoms with E-state index in [9.17, 15) is 0 Å². The van der Waals surface area contributed by atoms with Crippen LogP contribution in [-0.2, 0) is 0 Å². The van der Waals surface area contributed by atoms with Crippen molar-refractivity contribution in [1.82, 2.24) is 0 Å². The molecule has 0 aromatic rings. The van der Waals surface area contributed by atoms with Crippen molar-refractivity contribution in [3.05, 3.63) is 48.1 Å². The summed E-state index contributed by atoms with van der Waals surface area (Å²) in [4.78, 5) is 0. The molecule has 0 aromatic heterocycles. The fourth-order valence-corrected chi connectivity index (χ4v) is 1.81. The fraction of sp³-hybridized carbons (Fsp3) is 0.200. The Morgan fingerprint density at radius 3 is 2.58 bits per heavy atom. The Labute approximate surface area is 91.8 Å². The van der Waals surface area contributed by atoms with Crippen molar-refractivity contribution in [2.24, 2.45) is 5.92 Å². The van der Waals surface area contributed by atoms with Gasteiger partial charge in [-0.1, -0.05) is 76.7 Å². The zero-order chi connectivity index (χ0) is 8.81. The predicted octanol–water partition coefficient (Wildman–Crippen LogP) is 3.84. The third kappa shape index (κ3) is 3.15. The second kappa shape index (κ2) is 5.60. The minimum absolute atomic E-state index is 0.503. The van der Waals surface area contributed by atoms with Gasteiger partial charge in [0.15, 0.2) is 0 Å². The topological polar surface area (TPSA) is 0 Å². The van der Waals surface area contributed by atoms with Gasteiger partial charge < -0.3 is 0 Å². The summed E-state index contributed by atoms with van der Waals surface area (Å²) in [5.41, 5.74) is 1.51. The number of halogens is 2. The van der Waals surface area contributed by atoms with E-state index in [1.54, 1.807) is 0 Å². The van der Waals surface area contributed by atoms with Gasteiger partial charge in [-0.25, -0.2) is 0 Å². The summed E-state index contributed by atoms with van der Waals surface area (Å²) in [5, 5.41) is 0. The van der Waals surface area contributed by atoms with Crippen molar-refractivity contribution in [3.8, 4) is 0 Å². The highest BCUT2D eigenvalue weighted by Crippen LogP contribution is 2.21. The zero-order valence-corrected chi connectivity index (χ0v) is 9.44. The SMILES string of the molecule is Cl/C=C/C=C\C1C=CC=CC1I. The van der Waals surface area contributed by atoms with Gasteiger partial charge in [-0.3, -0.25) is 0 Å². The van der Waals surface area contributed by atoms with E-state index in [0.717, 1.165) is 0 Å². The van der Waals surface area contributed by atoms with Crippen LogP contribution in [0.3, 0.4) is 0 Å². The van der Waals surface area contributed by atoms with Crippen LogP contribution in [0.5, 0.6) is 0 Å². The minimum atomic E-state index is 0.503. The third-order valence-electron chi connectivity index (χ3n) is 1.62. The van der Waals surface area contributed by atoms with Crippen LogP contribution < -0.4 is 0 Å². The molecule has 2 unspecified atom stereocenters. The van der Waals surface area contributed by atoms with Gasteiger partial charge in [0.2, 0.25) is 0 Å². The van der Waals surface area contributed by atoms with Gasteiger partial charge in [0.1, 0.15) is 0 Å². The van der Waals surface area contributed by atoms with Gasteiger partial charge in [0.05, 0.1) is 0 Å². The van der Waals surface area contributed by atoms with Crippen LogP contribution in [0.25, 0.3) is 0 Å². The van der Waals surface area contributed by atoms with Crippen molar-refractivity contribution in [2.45, 2.75) is 3.92 Å². The number of hydrogen-bond acceptors (Lipinski definition) is 0. The Hall–Kier alpha value is -0.0200.